The summed E-state index contributed by atoms with van der Waals surface area (Å²) in [5.74, 6) is 0.490. The van der Waals surface area contributed by atoms with Crippen molar-refractivity contribution in [3.05, 3.63) is 30.3 Å². The molecular weight excluding hydrogens is 692 g/mol. The monoisotopic (exact) mass is 748 g/mol. The third-order valence-electron chi connectivity index (χ3n) is 5.81. The molecule has 0 amide bonds. The summed E-state index contributed by atoms with van der Waals surface area (Å²) in [5, 5.41) is 0. The highest BCUT2D eigenvalue weighted by Gasteiger charge is 2.13. The number of hydrogen-bond acceptors (Lipinski definition) is 15. The van der Waals surface area contributed by atoms with Crippen LogP contribution in [0.15, 0.2) is 35.2 Å². The lowest BCUT2D eigenvalue weighted by Gasteiger charge is -2.09. The molecule has 0 unspecified atom stereocenters. The van der Waals surface area contributed by atoms with Crippen LogP contribution in [0.2, 0.25) is 0 Å². The van der Waals surface area contributed by atoms with Crippen molar-refractivity contribution in [3.8, 4) is 0 Å². The van der Waals surface area contributed by atoms with E-state index in [-0.39, 0.29) is 18.1 Å². The van der Waals surface area contributed by atoms with Crippen LogP contribution in [0.25, 0.3) is 0 Å². The standard InChI is InChI=1S/C32H57ClO15S/c33-6-7-36-8-9-37-10-11-38-12-13-39-14-15-40-16-17-41-18-19-42-20-21-43-22-23-44-24-25-45-26-27-46-28-29-47-30-31-48-49(34,35)32-4-2-1-3-5-32/h1-5H,6-31H2. The third kappa shape index (κ3) is 32.6. The first kappa shape index (κ1) is 46.0. The molecule has 0 spiro atoms. The molecule has 0 radical (unpaired) electrons. The molecule has 15 nitrogen and oxygen atoms in total. The SMILES string of the molecule is O=S(=O)(OCCOCCOCCOCCOCCOCCOCCOCCOCCOCCOCCOCCOCCCl)c1ccccc1. The summed E-state index contributed by atoms with van der Waals surface area (Å²) < 4.78 is 93.8. The van der Waals surface area contributed by atoms with Crippen LogP contribution in [0.1, 0.15) is 0 Å². The minimum Gasteiger partial charge on any atom is -0.378 e. The Labute approximate surface area is 297 Å². The summed E-state index contributed by atoms with van der Waals surface area (Å²) in [6.07, 6.45) is 0. The molecule has 49 heavy (non-hydrogen) atoms. The Morgan fingerprint density at radius 3 is 0.816 bits per heavy atom. The average Bonchev–Trinajstić information content (AvgIpc) is 3.11. The maximum absolute atomic E-state index is 12.0. The Kier molecular flexibility index (Phi) is 34.4. The lowest BCUT2D eigenvalue weighted by atomic mass is 10.4. The summed E-state index contributed by atoms with van der Waals surface area (Å²) in [6.45, 7) is 11.1. The molecule has 1 aromatic carbocycles. The van der Waals surface area contributed by atoms with E-state index in [0.29, 0.717) is 158 Å². The fraction of sp³-hybridized carbons (Fsp3) is 0.812. The zero-order valence-electron chi connectivity index (χ0n) is 28.7. The molecule has 0 fully saturated rings. The second kappa shape index (κ2) is 36.7. The third-order valence-corrected chi connectivity index (χ3v) is 7.29. The van der Waals surface area contributed by atoms with Crippen molar-refractivity contribution in [1.82, 2.24) is 0 Å². The summed E-state index contributed by atoms with van der Waals surface area (Å²) >= 11 is 5.51. The number of benzene rings is 1. The van der Waals surface area contributed by atoms with Crippen LogP contribution in [-0.2, 0) is 71.1 Å². The minimum atomic E-state index is -3.76. The molecule has 17 heteroatoms. The summed E-state index contributed by atoms with van der Waals surface area (Å²) in [4.78, 5) is 0.119. The zero-order valence-corrected chi connectivity index (χ0v) is 30.3. The van der Waals surface area contributed by atoms with E-state index >= 15 is 0 Å². The van der Waals surface area contributed by atoms with Gasteiger partial charge in [-0.1, -0.05) is 18.2 Å². The van der Waals surface area contributed by atoms with Gasteiger partial charge in [0.15, 0.2) is 0 Å². The second-order valence-corrected chi connectivity index (χ2v) is 11.6. The second-order valence-electron chi connectivity index (χ2n) is 9.63. The van der Waals surface area contributed by atoms with E-state index < -0.39 is 10.1 Å². The number of alkyl halides is 1. The van der Waals surface area contributed by atoms with Crippen LogP contribution < -0.4 is 0 Å². The van der Waals surface area contributed by atoms with E-state index in [1.807, 2.05) is 0 Å². The fourth-order valence-corrected chi connectivity index (χ4v) is 4.46. The highest BCUT2D eigenvalue weighted by molar-refractivity contribution is 7.86. The predicted octanol–water partition coefficient (Wildman–Crippen LogP) is 1.83. The molecule has 0 aliphatic carbocycles. The van der Waals surface area contributed by atoms with E-state index in [0.717, 1.165) is 0 Å². The number of ether oxygens (including phenoxy) is 12. The maximum atomic E-state index is 12.0. The van der Waals surface area contributed by atoms with Gasteiger partial charge >= 0.3 is 0 Å². The molecule has 1 rings (SSSR count). The lowest BCUT2D eigenvalue weighted by Crippen LogP contribution is -2.16. The van der Waals surface area contributed by atoms with Crippen LogP contribution >= 0.6 is 11.6 Å². The van der Waals surface area contributed by atoms with Gasteiger partial charge in [-0.25, -0.2) is 0 Å². The molecule has 0 N–H and O–H groups in total. The van der Waals surface area contributed by atoms with E-state index in [1.165, 1.54) is 12.1 Å². The molecule has 0 heterocycles. The van der Waals surface area contributed by atoms with Gasteiger partial charge < -0.3 is 56.8 Å². The van der Waals surface area contributed by atoms with Crippen molar-refractivity contribution in [1.29, 1.82) is 0 Å². The van der Waals surface area contributed by atoms with Crippen LogP contribution in [-0.4, -0.2) is 179 Å². The molecule has 0 aliphatic heterocycles. The maximum Gasteiger partial charge on any atom is 0.297 e. The minimum absolute atomic E-state index is 0.0606. The quantitative estimate of drug-likeness (QED) is 0.0544. The number of rotatable bonds is 40. The molecule has 0 bridgehead atoms. The highest BCUT2D eigenvalue weighted by atomic mass is 35.5. The Morgan fingerprint density at radius 2 is 0.571 bits per heavy atom. The van der Waals surface area contributed by atoms with Crippen LogP contribution in [0, 0.1) is 0 Å². The number of hydrogen-bond donors (Lipinski definition) is 0. The summed E-state index contributed by atoms with van der Waals surface area (Å²) in [6, 6.07) is 7.97. The molecule has 1 aromatic rings. The van der Waals surface area contributed by atoms with Gasteiger partial charge in [-0.15, -0.1) is 11.6 Å². The van der Waals surface area contributed by atoms with Crippen LogP contribution in [0.5, 0.6) is 0 Å². The van der Waals surface area contributed by atoms with Crippen molar-refractivity contribution >= 4 is 21.7 Å². The molecule has 0 atom stereocenters. The van der Waals surface area contributed by atoms with Gasteiger partial charge in [-0.2, -0.15) is 8.42 Å². The van der Waals surface area contributed by atoms with Gasteiger partial charge in [0.1, 0.15) is 0 Å². The van der Waals surface area contributed by atoms with E-state index in [1.54, 1.807) is 18.2 Å². The highest BCUT2D eigenvalue weighted by Crippen LogP contribution is 2.10. The predicted molar refractivity (Wildman–Crippen MR) is 180 cm³/mol. The van der Waals surface area contributed by atoms with Crippen LogP contribution in [0.4, 0.5) is 0 Å². The van der Waals surface area contributed by atoms with Gasteiger partial charge in [0.05, 0.1) is 170 Å². The number of halogens is 1. The van der Waals surface area contributed by atoms with Gasteiger partial charge in [0.25, 0.3) is 10.1 Å². The molecule has 0 aliphatic rings. The topological polar surface area (TPSA) is 154 Å². The Hall–Kier alpha value is -1.06. The van der Waals surface area contributed by atoms with Crippen LogP contribution in [0.3, 0.4) is 0 Å². The molecule has 288 valence electrons. The van der Waals surface area contributed by atoms with Crippen molar-refractivity contribution in [3.63, 3.8) is 0 Å². The summed E-state index contributed by atoms with van der Waals surface area (Å²) in [7, 11) is -3.76. The molecule has 0 saturated heterocycles. The summed E-state index contributed by atoms with van der Waals surface area (Å²) in [5.41, 5.74) is 0. The molecule has 0 aromatic heterocycles. The van der Waals surface area contributed by atoms with Gasteiger partial charge in [-0.05, 0) is 12.1 Å². The van der Waals surface area contributed by atoms with Gasteiger partial charge in [-0.3, -0.25) is 4.18 Å². The molecule has 0 saturated carbocycles. The first-order valence-electron chi connectivity index (χ1n) is 16.6. The first-order chi connectivity index (χ1) is 24.2. The Bertz CT molecular complexity index is 902. The molecular formula is C32H57ClO15S. The zero-order chi connectivity index (χ0) is 35.2. The van der Waals surface area contributed by atoms with Crippen molar-refractivity contribution in [2.75, 3.05) is 171 Å². The van der Waals surface area contributed by atoms with Crippen molar-refractivity contribution in [2.45, 2.75) is 4.90 Å². The van der Waals surface area contributed by atoms with Gasteiger partial charge in [0.2, 0.25) is 0 Å². The van der Waals surface area contributed by atoms with E-state index in [4.69, 9.17) is 72.6 Å². The lowest BCUT2D eigenvalue weighted by molar-refractivity contribution is -0.0284. The first-order valence-corrected chi connectivity index (χ1v) is 18.5. The van der Waals surface area contributed by atoms with E-state index in [2.05, 4.69) is 0 Å². The van der Waals surface area contributed by atoms with E-state index in [9.17, 15) is 8.42 Å². The van der Waals surface area contributed by atoms with Crippen molar-refractivity contribution < 1.29 is 69.4 Å². The largest absolute Gasteiger partial charge is 0.378 e. The van der Waals surface area contributed by atoms with Crippen molar-refractivity contribution in [2.24, 2.45) is 0 Å². The Morgan fingerprint density at radius 1 is 0.347 bits per heavy atom. The Balaban J connectivity index is 1.65. The average molecular weight is 749 g/mol. The smallest absolute Gasteiger partial charge is 0.297 e. The fourth-order valence-electron chi connectivity index (χ4n) is 3.43. The van der Waals surface area contributed by atoms with Gasteiger partial charge in [0, 0.05) is 5.88 Å². The normalized spacial score (nSPS) is 11.9.